The van der Waals surface area contributed by atoms with Gasteiger partial charge in [0.25, 0.3) is 0 Å². The maximum atomic E-state index is 12.8. The Morgan fingerprint density at radius 2 is 2.00 bits per heavy atom. The molecule has 0 aliphatic carbocycles. The molecule has 0 amide bonds. The topological polar surface area (TPSA) is 84.7 Å². The van der Waals surface area contributed by atoms with Gasteiger partial charge in [-0.05, 0) is 30.3 Å². The van der Waals surface area contributed by atoms with Crippen LogP contribution in [0.2, 0.25) is 0 Å². The Balaban J connectivity index is 2.37. The summed E-state index contributed by atoms with van der Waals surface area (Å²) < 4.78 is 17.7. The third kappa shape index (κ3) is 2.77. The van der Waals surface area contributed by atoms with Crippen LogP contribution in [-0.2, 0) is 0 Å². The average Bonchev–Trinajstić information content (AvgIpc) is 2.49. The van der Waals surface area contributed by atoms with Crippen LogP contribution in [0.25, 0.3) is 0 Å². The Labute approximate surface area is 113 Å². The van der Waals surface area contributed by atoms with Crippen LogP contribution >= 0.6 is 0 Å². The molecule has 0 unspecified atom stereocenters. The van der Waals surface area contributed by atoms with E-state index in [2.05, 4.69) is 15.1 Å². The lowest BCUT2D eigenvalue weighted by atomic mass is 10.0. The molecule has 1 aromatic carbocycles. The first kappa shape index (κ1) is 13.6. The van der Waals surface area contributed by atoms with E-state index in [0.29, 0.717) is 0 Å². The van der Waals surface area contributed by atoms with E-state index in [1.165, 1.54) is 31.5 Å². The normalized spacial score (nSPS) is 11.2. The summed E-state index contributed by atoms with van der Waals surface area (Å²) in [6, 6.07) is 6.31. The van der Waals surface area contributed by atoms with Gasteiger partial charge in [-0.15, -0.1) is 0 Å². The molecule has 0 saturated heterocycles. The van der Waals surface area contributed by atoms with Crippen LogP contribution in [0, 0.1) is 5.82 Å². The number of nitrogens with zero attached hydrogens (tertiary/aromatic N) is 3. The molecule has 6 nitrogen and oxygen atoms in total. The summed E-state index contributed by atoms with van der Waals surface area (Å²) in [7, 11) is 1.37. The van der Waals surface area contributed by atoms with E-state index in [4.69, 9.17) is 9.94 Å². The monoisotopic (exact) mass is 275 g/mol. The van der Waals surface area contributed by atoms with Crippen LogP contribution < -0.4 is 4.74 Å². The fourth-order valence-electron chi connectivity index (χ4n) is 1.52. The van der Waals surface area contributed by atoms with Gasteiger partial charge in [0, 0.05) is 11.8 Å². The highest BCUT2D eigenvalue weighted by atomic mass is 19.1. The molecule has 1 aromatic heterocycles. The van der Waals surface area contributed by atoms with E-state index in [0.717, 1.165) is 12.1 Å². The lowest BCUT2D eigenvalue weighted by Crippen LogP contribution is -2.18. The number of aromatic nitrogens is 2. The number of Topliss-reactive ketones (excluding diaryl/α,β-unsaturated/α-hetero) is 1. The minimum atomic E-state index is -0.590. The van der Waals surface area contributed by atoms with E-state index >= 15 is 0 Å². The number of rotatable bonds is 4. The number of oxime groups is 1. The van der Waals surface area contributed by atoms with Crippen molar-refractivity contribution >= 4 is 11.5 Å². The number of ketones is 1. The number of ether oxygens (including phenoxy) is 1. The lowest BCUT2D eigenvalue weighted by Gasteiger charge is -2.04. The molecule has 0 radical (unpaired) electrons. The second kappa shape index (κ2) is 5.87. The van der Waals surface area contributed by atoms with E-state index in [9.17, 15) is 9.18 Å². The molecule has 102 valence electrons. The molecule has 0 aliphatic heterocycles. The minimum Gasteiger partial charge on any atom is -0.467 e. The molecule has 7 heteroatoms. The smallest absolute Gasteiger partial charge is 0.316 e. The summed E-state index contributed by atoms with van der Waals surface area (Å²) in [4.78, 5) is 19.9. The predicted molar refractivity (Wildman–Crippen MR) is 67.6 cm³/mol. The highest BCUT2D eigenvalue weighted by molar-refractivity contribution is 6.50. The Morgan fingerprint density at radius 1 is 1.30 bits per heavy atom. The first-order chi connectivity index (χ1) is 9.65. The van der Waals surface area contributed by atoms with Crippen molar-refractivity contribution in [2.75, 3.05) is 7.11 Å². The van der Waals surface area contributed by atoms with Gasteiger partial charge < -0.3 is 9.94 Å². The van der Waals surface area contributed by atoms with Crippen molar-refractivity contribution in [3.8, 4) is 6.01 Å². The van der Waals surface area contributed by atoms with E-state index in [-0.39, 0.29) is 23.0 Å². The van der Waals surface area contributed by atoms with Crippen molar-refractivity contribution in [3.63, 3.8) is 0 Å². The summed E-state index contributed by atoms with van der Waals surface area (Å²) in [5.41, 5.74) is 0.00256. The van der Waals surface area contributed by atoms with Gasteiger partial charge in [0.2, 0.25) is 5.78 Å². The summed E-state index contributed by atoms with van der Waals surface area (Å²) >= 11 is 0. The lowest BCUT2D eigenvalue weighted by molar-refractivity contribution is 0.106. The van der Waals surface area contributed by atoms with E-state index in [1.807, 2.05) is 0 Å². The molecular formula is C13H10FN3O3. The van der Waals surface area contributed by atoms with Gasteiger partial charge in [0.05, 0.1) is 7.11 Å². The zero-order valence-electron chi connectivity index (χ0n) is 10.4. The average molecular weight is 275 g/mol. The van der Waals surface area contributed by atoms with Gasteiger partial charge in [-0.3, -0.25) is 4.79 Å². The van der Waals surface area contributed by atoms with Gasteiger partial charge in [-0.25, -0.2) is 9.37 Å². The van der Waals surface area contributed by atoms with Gasteiger partial charge in [0.15, 0.2) is 5.71 Å². The van der Waals surface area contributed by atoms with Crippen molar-refractivity contribution in [2.24, 2.45) is 5.16 Å². The maximum absolute atomic E-state index is 12.8. The number of hydrogen-bond donors (Lipinski definition) is 1. The second-order valence-corrected chi connectivity index (χ2v) is 3.71. The quantitative estimate of drug-likeness (QED) is 0.397. The Bertz CT molecular complexity index is 656. The molecule has 0 fully saturated rings. The van der Waals surface area contributed by atoms with Gasteiger partial charge >= 0.3 is 6.01 Å². The van der Waals surface area contributed by atoms with Crippen LogP contribution in [0.4, 0.5) is 4.39 Å². The molecule has 2 rings (SSSR count). The van der Waals surface area contributed by atoms with Crippen LogP contribution in [-0.4, -0.2) is 33.8 Å². The highest BCUT2D eigenvalue weighted by Gasteiger charge is 2.19. The number of methoxy groups -OCH3 is 1. The molecule has 0 aliphatic rings. The predicted octanol–water partition coefficient (Wildman–Crippen LogP) is 1.69. The Kier molecular flexibility index (Phi) is 3.99. The Morgan fingerprint density at radius 3 is 2.60 bits per heavy atom. The standard InChI is InChI=1S/C13H10FN3O3/c1-20-13-15-7-6-10(16-13)11(17-19)12(18)8-2-4-9(14)5-3-8/h2-7,19H,1H3. The number of hydrogen-bond acceptors (Lipinski definition) is 6. The Hall–Kier alpha value is -2.83. The largest absolute Gasteiger partial charge is 0.467 e. The van der Waals surface area contributed by atoms with Gasteiger partial charge in [-0.1, -0.05) is 5.16 Å². The second-order valence-electron chi connectivity index (χ2n) is 3.71. The molecule has 0 bridgehead atoms. The molecule has 0 atom stereocenters. The highest BCUT2D eigenvalue weighted by Crippen LogP contribution is 2.10. The third-order valence-corrected chi connectivity index (χ3v) is 2.48. The summed E-state index contributed by atoms with van der Waals surface area (Å²) in [6.45, 7) is 0. The van der Waals surface area contributed by atoms with Gasteiger partial charge in [-0.2, -0.15) is 4.98 Å². The van der Waals surface area contributed by atoms with E-state index in [1.54, 1.807) is 0 Å². The summed E-state index contributed by atoms with van der Waals surface area (Å²) in [5, 5.41) is 12.0. The minimum absolute atomic E-state index is 0.0376. The van der Waals surface area contributed by atoms with Crippen LogP contribution in [0.15, 0.2) is 41.7 Å². The summed E-state index contributed by atoms with van der Waals surface area (Å²) in [6.07, 6.45) is 1.37. The molecular weight excluding hydrogens is 265 g/mol. The SMILES string of the molecule is COc1nccc(C(=NO)C(=O)c2ccc(F)cc2)n1. The molecule has 0 spiro atoms. The number of benzene rings is 1. The number of carbonyl (C=O) groups excluding carboxylic acids is 1. The molecule has 1 N–H and O–H groups in total. The fourth-order valence-corrected chi connectivity index (χ4v) is 1.52. The van der Waals surface area contributed by atoms with E-state index < -0.39 is 11.6 Å². The molecule has 0 saturated carbocycles. The summed E-state index contributed by atoms with van der Waals surface area (Å²) in [5.74, 6) is -1.05. The molecule has 20 heavy (non-hydrogen) atoms. The number of carbonyl (C=O) groups is 1. The first-order valence-corrected chi connectivity index (χ1v) is 5.55. The third-order valence-electron chi connectivity index (χ3n) is 2.48. The number of halogens is 1. The van der Waals surface area contributed by atoms with Crippen molar-refractivity contribution in [2.45, 2.75) is 0 Å². The van der Waals surface area contributed by atoms with Crippen molar-refractivity contribution in [1.82, 2.24) is 9.97 Å². The molecule has 1 heterocycles. The maximum Gasteiger partial charge on any atom is 0.316 e. The molecule has 2 aromatic rings. The first-order valence-electron chi connectivity index (χ1n) is 5.55. The van der Waals surface area contributed by atoms with Crippen LogP contribution in [0.3, 0.4) is 0 Å². The zero-order valence-corrected chi connectivity index (χ0v) is 10.4. The van der Waals surface area contributed by atoms with Gasteiger partial charge in [0.1, 0.15) is 11.5 Å². The van der Waals surface area contributed by atoms with Crippen molar-refractivity contribution in [3.05, 3.63) is 53.6 Å². The zero-order chi connectivity index (χ0) is 14.5. The van der Waals surface area contributed by atoms with Crippen molar-refractivity contribution < 1.29 is 19.1 Å². The van der Waals surface area contributed by atoms with Crippen molar-refractivity contribution in [1.29, 1.82) is 0 Å². The fraction of sp³-hybridized carbons (Fsp3) is 0.0769. The van der Waals surface area contributed by atoms with Crippen LogP contribution in [0.1, 0.15) is 16.1 Å². The van der Waals surface area contributed by atoms with Crippen LogP contribution in [0.5, 0.6) is 6.01 Å².